The van der Waals surface area contributed by atoms with Crippen LogP contribution >= 0.6 is 11.8 Å². The number of amides is 1. The molecule has 0 unspecified atom stereocenters. The highest BCUT2D eigenvalue weighted by Gasteiger charge is 2.28. The van der Waals surface area contributed by atoms with Crippen LogP contribution < -0.4 is 10.1 Å². The number of likely N-dealkylation sites (N-methyl/N-ethyl adjacent to an activating group) is 1. The van der Waals surface area contributed by atoms with Crippen molar-refractivity contribution in [2.24, 2.45) is 0 Å². The van der Waals surface area contributed by atoms with Gasteiger partial charge in [-0.25, -0.2) is 13.4 Å². The van der Waals surface area contributed by atoms with Gasteiger partial charge in [0, 0.05) is 24.4 Å². The monoisotopic (exact) mass is 489 g/mol. The Morgan fingerprint density at radius 1 is 1.21 bits per heavy atom. The summed E-state index contributed by atoms with van der Waals surface area (Å²) in [6, 6.07) is 14.6. The van der Waals surface area contributed by atoms with E-state index in [0.29, 0.717) is 23.3 Å². The van der Waals surface area contributed by atoms with Crippen LogP contribution in [0.2, 0.25) is 0 Å². The fraction of sp³-hybridized carbons (Fsp3) is 0.318. The molecular formula is C22H27N5O4S2. The molecule has 1 amide bonds. The largest absolute Gasteiger partial charge is 0.495 e. The topological polar surface area (TPSA) is 117 Å². The average molecular weight is 490 g/mol. The van der Waals surface area contributed by atoms with E-state index in [9.17, 15) is 13.2 Å². The van der Waals surface area contributed by atoms with Gasteiger partial charge < -0.3 is 10.1 Å². The van der Waals surface area contributed by atoms with Gasteiger partial charge in [-0.15, -0.1) is 5.10 Å². The van der Waals surface area contributed by atoms with Crippen LogP contribution in [0, 0.1) is 6.92 Å². The number of aromatic nitrogens is 3. The molecule has 33 heavy (non-hydrogen) atoms. The van der Waals surface area contributed by atoms with E-state index in [1.807, 2.05) is 30.3 Å². The number of methoxy groups -OCH3 is 1. The van der Waals surface area contributed by atoms with Gasteiger partial charge in [0.2, 0.25) is 21.1 Å². The molecular weight excluding hydrogens is 462 g/mol. The number of H-pyrrole nitrogens is 1. The molecule has 0 radical (unpaired) electrons. The van der Waals surface area contributed by atoms with Crippen molar-refractivity contribution in [2.45, 2.75) is 23.9 Å². The number of nitrogens with zero attached hydrogens (tertiary/aromatic N) is 3. The lowest BCUT2D eigenvalue weighted by molar-refractivity contribution is -0.121. The Morgan fingerprint density at radius 3 is 2.67 bits per heavy atom. The van der Waals surface area contributed by atoms with Crippen molar-refractivity contribution in [1.82, 2.24) is 24.8 Å². The molecule has 3 aromatic rings. The Morgan fingerprint density at radius 2 is 1.97 bits per heavy atom. The summed E-state index contributed by atoms with van der Waals surface area (Å²) in [5, 5.41) is 10.4. The highest BCUT2D eigenvalue weighted by atomic mass is 32.2. The molecule has 0 saturated heterocycles. The molecule has 0 bridgehead atoms. The summed E-state index contributed by atoms with van der Waals surface area (Å²) < 4.78 is 32.6. The lowest BCUT2D eigenvalue weighted by atomic mass is 10.2. The van der Waals surface area contributed by atoms with E-state index < -0.39 is 10.0 Å². The summed E-state index contributed by atoms with van der Waals surface area (Å²) in [5.41, 5.74) is 1.73. The number of hydrogen-bond acceptors (Lipinski definition) is 7. The molecule has 0 fully saturated rings. The fourth-order valence-corrected chi connectivity index (χ4v) is 5.37. The predicted octanol–water partition coefficient (Wildman–Crippen LogP) is 2.71. The molecule has 1 heterocycles. The number of hydrogen-bond donors (Lipinski definition) is 2. The second kappa shape index (κ2) is 11.3. The van der Waals surface area contributed by atoms with Crippen LogP contribution in [0.4, 0.5) is 0 Å². The second-order valence-electron chi connectivity index (χ2n) is 7.12. The Balaban J connectivity index is 1.52. The highest BCUT2D eigenvalue weighted by molar-refractivity contribution is 7.99. The zero-order valence-corrected chi connectivity index (χ0v) is 20.4. The van der Waals surface area contributed by atoms with Crippen molar-refractivity contribution in [3.8, 4) is 17.1 Å². The lowest BCUT2D eigenvalue weighted by Crippen LogP contribution is -2.41. The highest BCUT2D eigenvalue weighted by Crippen LogP contribution is 2.27. The van der Waals surface area contributed by atoms with Gasteiger partial charge in [0.05, 0.1) is 13.7 Å². The number of rotatable bonds is 11. The maximum absolute atomic E-state index is 13.1. The normalized spacial score (nSPS) is 11.5. The number of ether oxygens (including phenoxy) is 1. The Hall–Kier alpha value is -2.89. The van der Waals surface area contributed by atoms with E-state index in [1.54, 1.807) is 32.0 Å². The van der Waals surface area contributed by atoms with Crippen molar-refractivity contribution < 1.29 is 17.9 Å². The number of aryl methyl sites for hydroxylation is 1. The summed E-state index contributed by atoms with van der Waals surface area (Å²) in [5.74, 6) is 1.09. The molecule has 2 aromatic carbocycles. The summed E-state index contributed by atoms with van der Waals surface area (Å²) in [7, 11) is -2.47. The minimum atomic E-state index is -3.89. The third-order valence-electron chi connectivity index (χ3n) is 4.78. The molecule has 0 atom stereocenters. The van der Waals surface area contributed by atoms with Gasteiger partial charge in [0.1, 0.15) is 10.6 Å². The minimum Gasteiger partial charge on any atom is -0.495 e. The fourth-order valence-electron chi connectivity index (χ4n) is 3.08. The summed E-state index contributed by atoms with van der Waals surface area (Å²) in [6.07, 6.45) is 0. The number of nitrogens with one attached hydrogen (secondary N) is 2. The molecule has 11 heteroatoms. The summed E-state index contributed by atoms with van der Waals surface area (Å²) in [4.78, 5) is 16.9. The maximum Gasteiger partial charge on any atom is 0.247 e. The smallest absolute Gasteiger partial charge is 0.247 e. The van der Waals surface area contributed by atoms with Gasteiger partial charge in [-0.2, -0.15) is 4.31 Å². The standard InChI is InChI=1S/C22H27N5O4S2/c1-4-27(33(29,30)19-14-16(2)10-11-18(19)31-3)15-20(28)23-12-13-32-22-24-21(25-26-22)17-8-6-5-7-9-17/h5-11,14H,4,12-13,15H2,1-3H3,(H,23,28)(H,24,25,26). The van der Waals surface area contributed by atoms with Crippen molar-refractivity contribution in [3.05, 3.63) is 54.1 Å². The SMILES string of the molecule is CCN(CC(=O)NCCSc1n[nH]c(-c2ccccc2)n1)S(=O)(=O)c1cc(C)ccc1OC. The van der Waals surface area contributed by atoms with E-state index in [2.05, 4.69) is 20.5 Å². The number of benzene rings is 2. The van der Waals surface area contributed by atoms with Crippen molar-refractivity contribution in [2.75, 3.05) is 32.5 Å². The number of carbonyl (C=O) groups is 1. The van der Waals surface area contributed by atoms with Crippen LogP contribution in [0.15, 0.2) is 58.6 Å². The van der Waals surface area contributed by atoms with Gasteiger partial charge in [-0.05, 0) is 24.6 Å². The third kappa shape index (κ3) is 6.34. The molecule has 0 aliphatic heterocycles. The van der Waals surface area contributed by atoms with Gasteiger partial charge >= 0.3 is 0 Å². The van der Waals surface area contributed by atoms with E-state index in [1.165, 1.54) is 18.9 Å². The van der Waals surface area contributed by atoms with Crippen LogP contribution in [0.1, 0.15) is 12.5 Å². The molecule has 3 rings (SSSR count). The predicted molar refractivity (Wildman–Crippen MR) is 128 cm³/mol. The average Bonchev–Trinajstić information content (AvgIpc) is 3.29. The Bertz CT molecular complexity index is 1180. The van der Waals surface area contributed by atoms with E-state index in [4.69, 9.17) is 4.74 Å². The minimum absolute atomic E-state index is 0.0500. The molecule has 1 aromatic heterocycles. The van der Waals surface area contributed by atoms with Gasteiger partial charge in [-0.1, -0.05) is 55.1 Å². The maximum atomic E-state index is 13.1. The number of carbonyl (C=O) groups excluding carboxylic acids is 1. The van der Waals surface area contributed by atoms with Crippen molar-refractivity contribution >= 4 is 27.7 Å². The van der Waals surface area contributed by atoms with Crippen molar-refractivity contribution in [3.63, 3.8) is 0 Å². The van der Waals surface area contributed by atoms with Gasteiger partial charge in [0.25, 0.3) is 0 Å². The molecule has 0 saturated carbocycles. The molecule has 176 valence electrons. The van der Waals surface area contributed by atoms with E-state index in [-0.39, 0.29) is 29.6 Å². The van der Waals surface area contributed by atoms with Gasteiger partial charge in [-0.3, -0.25) is 9.89 Å². The summed E-state index contributed by atoms with van der Waals surface area (Å²) in [6.45, 7) is 3.72. The third-order valence-corrected chi connectivity index (χ3v) is 7.57. The first-order valence-corrected chi connectivity index (χ1v) is 12.8. The summed E-state index contributed by atoms with van der Waals surface area (Å²) >= 11 is 1.39. The van der Waals surface area contributed by atoms with Crippen molar-refractivity contribution in [1.29, 1.82) is 0 Å². The van der Waals surface area contributed by atoms with Crippen LogP contribution in [-0.4, -0.2) is 66.3 Å². The molecule has 9 nitrogen and oxygen atoms in total. The van der Waals surface area contributed by atoms with Crippen LogP contribution in [0.5, 0.6) is 5.75 Å². The quantitative estimate of drug-likeness (QED) is 0.314. The zero-order chi connectivity index (χ0) is 23.8. The zero-order valence-electron chi connectivity index (χ0n) is 18.7. The molecule has 0 aliphatic rings. The number of thioether (sulfide) groups is 1. The Kier molecular flexibility index (Phi) is 8.48. The molecule has 0 aliphatic carbocycles. The number of aromatic amines is 1. The number of sulfonamides is 1. The first-order chi connectivity index (χ1) is 15.8. The lowest BCUT2D eigenvalue weighted by Gasteiger charge is -2.21. The van der Waals surface area contributed by atoms with E-state index >= 15 is 0 Å². The van der Waals surface area contributed by atoms with E-state index in [0.717, 1.165) is 15.4 Å². The van der Waals surface area contributed by atoms with Crippen LogP contribution in [0.3, 0.4) is 0 Å². The van der Waals surface area contributed by atoms with Crippen LogP contribution in [0.25, 0.3) is 11.4 Å². The first kappa shape index (κ1) is 24.7. The molecule has 2 N–H and O–H groups in total. The van der Waals surface area contributed by atoms with Crippen LogP contribution in [-0.2, 0) is 14.8 Å². The second-order valence-corrected chi connectivity index (χ2v) is 10.1. The van der Waals surface area contributed by atoms with Gasteiger partial charge in [0.15, 0.2) is 5.82 Å². The first-order valence-electron chi connectivity index (χ1n) is 10.4. The molecule has 0 spiro atoms. The Labute approximate surface area is 198 Å².